The molecule has 6 unspecified atom stereocenters. The number of unbranched alkanes of at least 4 members (excludes halogenated alkanes) is 12. The van der Waals surface area contributed by atoms with Gasteiger partial charge < -0.3 is 39.4 Å². The summed E-state index contributed by atoms with van der Waals surface area (Å²) in [6.07, 6.45) is 9.28. The van der Waals surface area contributed by atoms with Gasteiger partial charge in [0.05, 0.1) is 19.8 Å². The van der Waals surface area contributed by atoms with Crippen LogP contribution in [0.4, 0.5) is 0 Å². The molecule has 0 radical (unpaired) electrons. The predicted molar refractivity (Wildman–Crippen MR) is 136 cm³/mol. The van der Waals surface area contributed by atoms with E-state index in [2.05, 4.69) is 6.92 Å². The third kappa shape index (κ3) is 14.2. The maximum atomic E-state index is 11.8. The van der Waals surface area contributed by atoms with Gasteiger partial charge in [-0.3, -0.25) is 4.79 Å². The lowest BCUT2D eigenvalue weighted by Crippen LogP contribution is -2.59. The zero-order chi connectivity index (χ0) is 26.6. The van der Waals surface area contributed by atoms with E-state index in [0.29, 0.717) is 6.61 Å². The van der Waals surface area contributed by atoms with Crippen molar-refractivity contribution in [3.8, 4) is 0 Å². The van der Waals surface area contributed by atoms with Crippen LogP contribution in [0.2, 0.25) is 0 Å². The number of carbonyl (C=O) groups excluding carboxylic acids is 1. The molecule has 1 rings (SSSR count). The third-order valence-corrected chi connectivity index (χ3v) is 6.58. The van der Waals surface area contributed by atoms with Gasteiger partial charge in [0.1, 0.15) is 30.5 Å². The largest absolute Gasteiger partial charge is 0.457 e. The molecule has 0 aliphatic carbocycles. The second kappa shape index (κ2) is 21.2. The molecule has 214 valence electrons. The molecule has 0 aromatic rings. The molecule has 0 amide bonds. The van der Waals surface area contributed by atoms with Crippen molar-refractivity contribution in [2.24, 2.45) is 0 Å². The molecule has 0 saturated carbocycles. The third-order valence-electron chi connectivity index (χ3n) is 6.58. The Labute approximate surface area is 217 Å². The van der Waals surface area contributed by atoms with Crippen LogP contribution < -0.4 is 0 Å². The number of carbonyl (C=O) groups is 1. The van der Waals surface area contributed by atoms with E-state index in [-0.39, 0.29) is 19.6 Å². The van der Waals surface area contributed by atoms with Crippen LogP contribution in [0.15, 0.2) is 0 Å². The van der Waals surface area contributed by atoms with E-state index in [4.69, 9.17) is 18.9 Å². The summed E-state index contributed by atoms with van der Waals surface area (Å²) in [5, 5.41) is 39.1. The number of aliphatic hydroxyl groups excluding tert-OH is 4. The minimum absolute atomic E-state index is 0.118. The van der Waals surface area contributed by atoms with E-state index in [1.807, 2.05) is 0 Å². The predicted octanol–water partition coefficient (Wildman–Crippen LogP) is 3.23. The number of rotatable bonds is 22. The molecule has 1 saturated heterocycles. The van der Waals surface area contributed by atoms with Crippen molar-refractivity contribution in [1.82, 2.24) is 0 Å². The molecule has 9 heteroatoms. The van der Waals surface area contributed by atoms with Crippen molar-refractivity contribution in [2.75, 3.05) is 26.4 Å². The number of aliphatic hydroxyl groups is 4. The zero-order valence-corrected chi connectivity index (χ0v) is 22.5. The summed E-state index contributed by atoms with van der Waals surface area (Å²) in [6, 6.07) is 0. The van der Waals surface area contributed by atoms with Gasteiger partial charge in [-0.25, -0.2) is 0 Å². The van der Waals surface area contributed by atoms with Crippen LogP contribution >= 0.6 is 0 Å². The van der Waals surface area contributed by atoms with Gasteiger partial charge in [-0.2, -0.15) is 0 Å². The van der Waals surface area contributed by atoms with Crippen molar-refractivity contribution in [1.29, 1.82) is 0 Å². The van der Waals surface area contributed by atoms with Crippen LogP contribution in [0.1, 0.15) is 104 Å². The first-order valence-corrected chi connectivity index (χ1v) is 14.1. The summed E-state index contributed by atoms with van der Waals surface area (Å²) in [5.74, 6) is -0.401. The highest BCUT2D eigenvalue weighted by molar-refractivity contribution is 5.69. The van der Waals surface area contributed by atoms with Gasteiger partial charge in [0.15, 0.2) is 6.29 Å². The minimum Gasteiger partial charge on any atom is -0.457 e. The highest BCUT2D eigenvalue weighted by Gasteiger charge is 2.44. The summed E-state index contributed by atoms with van der Waals surface area (Å²) >= 11 is 0. The van der Waals surface area contributed by atoms with E-state index >= 15 is 0 Å². The average Bonchev–Trinajstić information content (AvgIpc) is 2.88. The lowest BCUT2D eigenvalue weighted by atomic mass is 9.99. The smallest absolute Gasteiger partial charge is 0.305 e. The Morgan fingerprint density at radius 3 is 1.86 bits per heavy atom. The zero-order valence-electron chi connectivity index (χ0n) is 22.5. The lowest BCUT2D eigenvalue weighted by Gasteiger charge is -2.39. The van der Waals surface area contributed by atoms with Crippen LogP contribution in [0, 0.1) is 0 Å². The van der Waals surface area contributed by atoms with Crippen LogP contribution in [0.5, 0.6) is 0 Å². The maximum absolute atomic E-state index is 11.8. The molecule has 0 spiro atoms. The quantitative estimate of drug-likeness (QED) is 0.125. The highest BCUT2D eigenvalue weighted by atomic mass is 16.7. The first kappa shape index (κ1) is 33.2. The number of hydrogen-bond donors (Lipinski definition) is 4. The highest BCUT2D eigenvalue weighted by Crippen LogP contribution is 2.22. The van der Waals surface area contributed by atoms with E-state index in [1.165, 1.54) is 70.6 Å². The summed E-state index contributed by atoms with van der Waals surface area (Å²) in [7, 11) is 0. The van der Waals surface area contributed by atoms with Crippen LogP contribution in [-0.4, -0.2) is 89.6 Å². The van der Waals surface area contributed by atoms with E-state index < -0.39 is 49.4 Å². The molecule has 0 aromatic carbocycles. The van der Waals surface area contributed by atoms with Crippen LogP contribution in [0.3, 0.4) is 0 Å². The lowest BCUT2D eigenvalue weighted by molar-refractivity contribution is -0.305. The molecule has 1 fully saturated rings. The normalized spacial score (nSPS) is 25.1. The summed E-state index contributed by atoms with van der Waals surface area (Å²) in [4.78, 5) is 11.8. The van der Waals surface area contributed by atoms with E-state index in [9.17, 15) is 25.2 Å². The Bertz CT molecular complexity index is 531. The standard InChI is InChI=1S/C27H52O9/c1-3-5-6-7-8-9-10-11-12-13-14-15-16-17-33-19-21(35-23(29)4-2)20-34-27-26(32)25(31)24(30)22(18-28)36-27/h21-22,24-28,30-32H,3-20H2,1-2H3. The average molecular weight is 521 g/mol. The summed E-state index contributed by atoms with van der Waals surface area (Å²) < 4.78 is 21.9. The molecule has 6 atom stereocenters. The molecular formula is C27H52O9. The van der Waals surface area contributed by atoms with Crippen molar-refractivity contribution in [2.45, 2.75) is 141 Å². The maximum Gasteiger partial charge on any atom is 0.305 e. The molecule has 36 heavy (non-hydrogen) atoms. The molecule has 9 nitrogen and oxygen atoms in total. The number of esters is 1. The fourth-order valence-corrected chi connectivity index (χ4v) is 4.23. The molecular weight excluding hydrogens is 468 g/mol. The van der Waals surface area contributed by atoms with Crippen molar-refractivity contribution in [3.63, 3.8) is 0 Å². The molecule has 0 bridgehead atoms. The van der Waals surface area contributed by atoms with Gasteiger partial charge in [-0.05, 0) is 6.42 Å². The molecule has 1 aliphatic heterocycles. The van der Waals surface area contributed by atoms with E-state index in [0.717, 1.165) is 12.8 Å². The summed E-state index contributed by atoms with van der Waals surface area (Å²) in [6.45, 7) is 3.97. The SMILES string of the molecule is CCCCCCCCCCCCCCCOCC(COC1OC(CO)C(O)C(O)C1O)OC(=O)CC. The first-order chi connectivity index (χ1) is 17.4. The topological polar surface area (TPSA) is 135 Å². The van der Waals surface area contributed by atoms with Crippen molar-refractivity contribution in [3.05, 3.63) is 0 Å². The number of hydrogen-bond acceptors (Lipinski definition) is 9. The fourth-order valence-electron chi connectivity index (χ4n) is 4.23. The second-order valence-corrected chi connectivity index (χ2v) is 9.81. The summed E-state index contributed by atoms with van der Waals surface area (Å²) in [5.41, 5.74) is 0. The molecule has 1 aliphatic rings. The van der Waals surface area contributed by atoms with Gasteiger partial charge in [-0.15, -0.1) is 0 Å². The van der Waals surface area contributed by atoms with Crippen molar-refractivity contribution >= 4 is 5.97 Å². The van der Waals surface area contributed by atoms with E-state index in [1.54, 1.807) is 6.92 Å². The second-order valence-electron chi connectivity index (χ2n) is 9.81. The Hall–Kier alpha value is -0.810. The Kier molecular flexibility index (Phi) is 19.5. The van der Waals surface area contributed by atoms with Gasteiger partial charge in [0.2, 0.25) is 0 Å². The first-order valence-electron chi connectivity index (χ1n) is 14.1. The molecule has 4 N–H and O–H groups in total. The Morgan fingerprint density at radius 2 is 1.33 bits per heavy atom. The van der Waals surface area contributed by atoms with Gasteiger partial charge in [0.25, 0.3) is 0 Å². The number of ether oxygens (including phenoxy) is 4. The van der Waals surface area contributed by atoms with Crippen LogP contribution in [-0.2, 0) is 23.7 Å². The van der Waals surface area contributed by atoms with Gasteiger partial charge in [0, 0.05) is 13.0 Å². The fraction of sp³-hybridized carbons (Fsp3) is 0.963. The Balaban J connectivity index is 2.17. The van der Waals surface area contributed by atoms with Crippen molar-refractivity contribution < 1.29 is 44.2 Å². The van der Waals surface area contributed by atoms with Gasteiger partial charge >= 0.3 is 5.97 Å². The monoisotopic (exact) mass is 520 g/mol. The molecule has 1 heterocycles. The minimum atomic E-state index is -1.52. The van der Waals surface area contributed by atoms with Gasteiger partial charge in [-0.1, -0.05) is 90.9 Å². The molecule has 0 aromatic heterocycles. The van der Waals surface area contributed by atoms with Crippen LogP contribution in [0.25, 0.3) is 0 Å². The Morgan fingerprint density at radius 1 is 0.778 bits per heavy atom.